The number of carboxylic acids is 1. The van der Waals surface area contributed by atoms with Crippen LogP contribution in [0.3, 0.4) is 0 Å². The zero-order valence-electron chi connectivity index (χ0n) is 8.03. The molecule has 0 bridgehead atoms. The second-order valence-electron chi connectivity index (χ2n) is 3.82. The van der Waals surface area contributed by atoms with Gasteiger partial charge in [-0.1, -0.05) is 18.2 Å². The number of hydrogen-bond acceptors (Lipinski definition) is 2. The Morgan fingerprint density at radius 2 is 2.29 bits per heavy atom. The number of nitrogens with two attached hydrogens (primary N) is 1. The van der Waals surface area contributed by atoms with Gasteiger partial charge in [0, 0.05) is 6.04 Å². The van der Waals surface area contributed by atoms with Crippen molar-refractivity contribution in [3.63, 3.8) is 0 Å². The molecule has 1 aromatic carbocycles. The molecule has 2 rings (SSSR count). The van der Waals surface area contributed by atoms with E-state index in [-0.39, 0.29) is 6.04 Å². The number of aryl methyl sites for hydroxylation is 1. The molecule has 0 heterocycles. The second kappa shape index (κ2) is 3.10. The number of carboxylic acid groups (broad SMARTS) is 1. The third-order valence-electron chi connectivity index (χ3n) is 2.94. The van der Waals surface area contributed by atoms with Gasteiger partial charge in [0.1, 0.15) is 0 Å². The van der Waals surface area contributed by atoms with Gasteiger partial charge in [-0.2, -0.15) is 0 Å². The van der Waals surface area contributed by atoms with Gasteiger partial charge in [0.2, 0.25) is 0 Å². The highest BCUT2D eigenvalue weighted by Gasteiger charge is 2.35. The summed E-state index contributed by atoms with van der Waals surface area (Å²) in [6.07, 6.45) is 0.563. The number of rotatable bonds is 1. The average molecular weight is 191 g/mol. The molecule has 1 aliphatic rings. The van der Waals surface area contributed by atoms with E-state index in [1.54, 1.807) is 0 Å². The molecule has 0 unspecified atom stereocenters. The molecule has 0 aromatic heterocycles. The second-order valence-corrected chi connectivity index (χ2v) is 3.82. The van der Waals surface area contributed by atoms with Gasteiger partial charge in [0.05, 0.1) is 5.92 Å². The molecular formula is C11H13NO2. The highest BCUT2D eigenvalue weighted by atomic mass is 16.4. The quantitative estimate of drug-likeness (QED) is 0.702. The molecule has 1 aliphatic carbocycles. The van der Waals surface area contributed by atoms with Crippen LogP contribution in [-0.4, -0.2) is 11.1 Å². The van der Waals surface area contributed by atoms with E-state index >= 15 is 0 Å². The fourth-order valence-corrected chi connectivity index (χ4v) is 2.20. The van der Waals surface area contributed by atoms with E-state index < -0.39 is 11.9 Å². The minimum Gasteiger partial charge on any atom is -0.481 e. The summed E-state index contributed by atoms with van der Waals surface area (Å²) < 4.78 is 0. The Morgan fingerprint density at radius 1 is 1.57 bits per heavy atom. The van der Waals surface area contributed by atoms with Crippen molar-refractivity contribution in [2.75, 3.05) is 0 Å². The van der Waals surface area contributed by atoms with Crippen molar-refractivity contribution in [1.29, 1.82) is 0 Å². The van der Waals surface area contributed by atoms with E-state index in [1.807, 2.05) is 25.1 Å². The van der Waals surface area contributed by atoms with Crippen LogP contribution in [0.25, 0.3) is 0 Å². The van der Waals surface area contributed by atoms with Crippen LogP contribution in [0.15, 0.2) is 18.2 Å². The summed E-state index contributed by atoms with van der Waals surface area (Å²) in [5.41, 5.74) is 9.12. The number of carbonyl (C=O) groups is 1. The first-order valence-corrected chi connectivity index (χ1v) is 4.68. The predicted octanol–water partition coefficient (Wildman–Crippen LogP) is 1.25. The average Bonchev–Trinajstić information content (AvgIpc) is 2.45. The molecule has 2 atom stereocenters. The molecule has 74 valence electrons. The SMILES string of the molecule is Cc1cccc2c1[C@@H](N)[C@H](C(=O)O)C2. The van der Waals surface area contributed by atoms with Crippen molar-refractivity contribution in [1.82, 2.24) is 0 Å². The summed E-state index contributed by atoms with van der Waals surface area (Å²) in [6, 6.07) is 5.54. The van der Waals surface area contributed by atoms with Crippen LogP contribution >= 0.6 is 0 Å². The first-order valence-electron chi connectivity index (χ1n) is 4.68. The summed E-state index contributed by atoms with van der Waals surface area (Å²) in [7, 11) is 0. The first kappa shape index (κ1) is 9.21. The van der Waals surface area contributed by atoms with Crippen molar-refractivity contribution in [3.8, 4) is 0 Å². The van der Waals surface area contributed by atoms with Crippen LogP contribution in [0.5, 0.6) is 0 Å². The third-order valence-corrected chi connectivity index (χ3v) is 2.94. The predicted molar refractivity (Wildman–Crippen MR) is 52.9 cm³/mol. The molecule has 14 heavy (non-hydrogen) atoms. The molecule has 0 radical (unpaired) electrons. The zero-order valence-corrected chi connectivity index (χ0v) is 8.03. The van der Waals surface area contributed by atoms with Crippen LogP contribution in [-0.2, 0) is 11.2 Å². The lowest BCUT2D eigenvalue weighted by Crippen LogP contribution is -2.24. The Kier molecular flexibility index (Phi) is 2.04. The maximum absolute atomic E-state index is 10.9. The molecule has 0 fully saturated rings. The summed E-state index contributed by atoms with van der Waals surface area (Å²) in [5.74, 6) is -1.25. The molecular weight excluding hydrogens is 178 g/mol. The van der Waals surface area contributed by atoms with Crippen molar-refractivity contribution >= 4 is 5.97 Å². The zero-order chi connectivity index (χ0) is 10.3. The lowest BCUT2D eigenvalue weighted by Gasteiger charge is -2.12. The smallest absolute Gasteiger partial charge is 0.308 e. The van der Waals surface area contributed by atoms with Crippen LogP contribution in [0, 0.1) is 12.8 Å². The summed E-state index contributed by atoms with van der Waals surface area (Å²) in [6.45, 7) is 1.98. The first-order chi connectivity index (χ1) is 6.61. The maximum Gasteiger partial charge on any atom is 0.308 e. The van der Waals surface area contributed by atoms with E-state index in [0.29, 0.717) is 6.42 Å². The van der Waals surface area contributed by atoms with Gasteiger partial charge in [-0.3, -0.25) is 4.79 Å². The fraction of sp³-hybridized carbons (Fsp3) is 0.364. The van der Waals surface area contributed by atoms with Gasteiger partial charge >= 0.3 is 5.97 Å². The van der Waals surface area contributed by atoms with Crippen LogP contribution in [0.4, 0.5) is 0 Å². The molecule has 3 N–H and O–H groups in total. The number of fused-ring (bicyclic) bond motifs is 1. The monoisotopic (exact) mass is 191 g/mol. The number of aliphatic carboxylic acids is 1. The molecule has 0 aliphatic heterocycles. The minimum atomic E-state index is -0.798. The van der Waals surface area contributed by atoms with Crippen molar-refractivity contribution in [2.24, 2.45) is 11.7 Å². The lowest BCUT2D eigenvalue weighted by molar-refractivity contribution is -0.142. The molecule has 0 saturated heterocycles. The van der Waals surface area contributed by atoms with E-state index in [2.05, 4.69) is 0 Å². The maximum atomic E-state index is 10.9. The summed E-state index contributed by atoms with van der Waals surface area (Å²) in [5, 5.41) is 8.97. The normalized spacial score (nSPS) is 24.7. The van der Waals surface area contributed by atoms with Gasteiger partial charge < -0.3 is 10.8 Å². The van der Waals surface area contributed by atoms with Gasteiger partial charge in [-0.05, 0) is 30.0 Å². The standard InChI is InChI=1S/C11H13NO2/c1-6-3-2-4-7-5-8(11(13)14)10(12)9(6)7/h2-4,8,10H,5,12H2,1H3,(H,13,14)/t8-,10+/m1/s1. The molecule has 0 amide bonds. The number of hydrogen-bond donors (Lipinski definition) is 2. The van der Waals surface area contributed by atoms with Crippen LogP contribution < -0.4 is 5.73 Å². The van der Waals surface area contributed by atoms with E-state index in [0.717, 1.165) is 16.7 Å². The number of benzene rings is 1. The Balaban J connectivity index is 2.46. The Hall–Kier alpha value is -1.35. The highest BCUT2D eigenvalue weighted by molar-refractivity contribution is 5.73. The van der Waals surface area contributed by atoms with Crippen molar-refractivity contribution in [3.05, 3.63) is 34.9 Å². The topological polar surface area (TPSA) is 63.3 Å². The van der Waals surface area contributed by atoms with Gasteiger partial charge in [-0.15, -0.1) is 0 Å². The Morgan fingerprint density at radius 3 is 2.86 bits per heavy atom. The van der Waals surface area contributed by atoms with Crippen LogP contribution in [0.2, 0.25) is 0 Å². The van der Waals surface area contributed by atoms with E-state index in [9.17, 15) is 4.79 Å². The third kappa shape index (κ3) is 1.21. The largest absolute Gasteiger partial charge is 0.481 e. The minimum absolute atomic E-state index is 0.344. The molecule has 1 aromatic rings. The van der Waals surface area contributed by atoms with Crippen LogP contribution in [0.1, 0.15) is 22.7 Å². The molecule has 3 nitrogen and oxygen atoms in total. The summed E-state index contributed by atoms with van der Waals surface area (Å²) >= 11 is 0. The molecule has 0 spiro atoms. The van der Waals surface area contributed by atoms with Gasteiger partial charge in [-0.25, -0.2) is 0 Å². The van der Waals surface area contributed by atoms with E-state index in [1.165, 1.54) is 0 Å². The summed E-state index contributed by atoms with van der Waals surface area (Å²) in [4.78, 5) is 10.9. The van der Waals surface area contributed by atoms with E-state index in [4.69, 9.17) is 10.8 Å². The van der Waals surface area contributed by atoms with Gasteiger partial charge in [0.25, 0.3) is 0 Å². The molecule has 0 saturated carbocycles. The molecule has 3 heteroatoms. The Labute approximate surface area is 82.5 Å². The lowest BCUT2D eigenvalue weighted by atomic mass is 9.99. The van der Waals surface area contributed by atoms with Gasteiger partial charge in [0.15, 0.2) is 0 Å². The fourth-order valence-electron chi connectivity index (χ4n) is 2.20. The highest BCUT2D eigenvalue weighted by Crippen LogP contribution is 2.36. The Bertz CT molecular complexity index is 387. The van der Waals surface area contributed by atoms with Crippen molar-refractivity contribution < 1.29 is 9.90 Å². The van der Waals surface area contributed by atoms with Crippen molar-refractivity contribution in [2.45, 2.75) is 19.4 Å².